The second-order valence-electron chi connectivity index (χ2n) is 4.47. The van der Waals surface area contributed by atoms with Crippen LogP contribution in [0.3, 0.4) is 0 Å². The van der Waals surface area contributed by atoms with E-state index in [4.69, 9.17) is 5.73 Å². The molecule has 0 aromatic heterocycles. The van der Waals surface area contributed by atoms with Crippen molar-refractivity contribution in [2.24, 2.45) is 11.7 Å². The molecule has 1 unspecified atom stereocenters. The van der Waals surface area contributed by atoms with E-state index in [-0.39, 0.29) is 5.91 Å². The van der Waals surface area contributed by atoms with Gasteiger partial charge >= 0.3 is 0 Å². The van der Waals surface area contributed by atoms with Crippen molar-refractivity contribution < 1.29 is 4.79 Å². The van der Waals surface area contributed by atoms with Gasteiger partial charge in [0, 0.05) is 19.5 Å². The van der Waals surface area contributed by atoms with Gasteiger partial charge in [-0.05, 0) is 38.1 Å². The van der Waals surface area contributed by atoms with Gasteiger partial charge in [-0.25, -0.2) is 0 Å². The fourth-order valence-electron chi connectivity index (χ4n) is 1.64. The Bertz CT molecular complexity index is 190. The first-order valence-corrected chi connectivity index (χ1v) is 5.61. The van der Waals surface area contributed by atoms with Crippen molar-refractivity contribution in [2.75, 3.05) is 13.6 Å². The van der Waals surface area contributed by atoms with Gasteiger partial charge in [-0.2, -0.15) is 0 Å². The molecule has 0 aromatic rings. The lowest BCUT2D eigenvalue weighted by molar-refractivity contribution is -0.133. The summed E-state index contributed by atoms with van der Waals surface area (Å²) < 4.78 is 0. The zero-order valence-corrected chi connectivity index (χ0v) is 9.33. The molecule has 0 bridgehead atoms. The molecular weight excluding hydrogens is 176 g/mol. The van der Waals surface area contributed by atoms with E-state index in [2.05, 4.69) is 6.92 Å². The first-order chi connectivity index (χ1) is 6.65. The molecule has 1 fully saturated rings. The highest BCUT2D eigenvalue weighted by molar-refractivity contribution is 5.76. The molecule has 0 radical (unpaired) electrons. The standard InChI is InChI=1S/C11H22N2O/c1-9(8-12)6-7-11(14)13(2)10-4-3-5-10/h9-10H,3-8,12H2,1-2H3. The molecule has 82 valence electrons. The molecule has 14 heavy (non-hydrogen) atoms. The molecule has 1 aliphatic carbocycles. The van der Waals surface area contributed by atoms with Crippen molar-refractivity contribution in [1.29, 1.82) is 0 Å². The number of rotatable bonds is 5. The van der Waals surface area contributed by atoms with Crippen molar-refractivity contribution in [3.05, 3.63) is 0 Å². The summed E-state index contributed by atoms with van der Waals surface area (Å²) in [5.74, 6) is 0.753. The maximum atomic E-state index is 11.7. The van der Waals surface area contributed by atoms with Crippen LogP contribution in [0.15, 0.2) is 0 Å². The molecule has 1 amide bonds. The Morgan fingerprint density at radius 3 is 2.64 bits per heavy atom. The van der Waals surface area contributed by atoms with Gasteiger partial charge in [0.2, 0.25) is 5.91 Å². The van der Waals surface area contributed by atoms with E-state index in [1.54, 1.807) is 0 Å². The normalized spacial score (nSPS) is 18.8. The lowest BCUT2D eigenvalue weighted by atomic mass is 9.91. The maximum absolute atomic E-state index is 11.7. The van der Waals surface area contributed by atoms with Gasteiger partial charge in [0.25, 0.3) is 0 Å². The number of nitrogens with zero attached hydrogens (tertiary/aromatic N) is 1. The van der Waals surface area contributed by atoms with E-state index in [1.807, 2.05) is 11.9 Å². The van der Waals surface area contributed by atoms with Gasteiger partial charge < -0.3 is 10.6 Å². The third kappa shape index (κ3) is 2.98. The van der Waals surface area contributed by atoms with Gasteiger partial charge in [0.05, 0.1) is 0 Å². The topological polar surface area (TPSA) is 46.3 Å². The Balaban J connectivity index is 2.19. The molecule has 1 saturated carbocycles. The van der Waals surface area contributed by atoms with Crippen LogP contribution in [0.5, 0.6) is 0 Å². The monoisotopic (exact) mass is 198 g/mol. The van der Waals surface area contributed by atoms with E-state index < -0.39 is 0 Å². The fraction of sp³-hybridized carbons (Fsp3) is 0.909. The molecule has 0 heterocycles. The van der Waals surface area contributed by atoms with Crippen molar-refractivity contribution in [1.82, 2.24) is 4.90 Å². The highest BCUT2D eigenvalue weighted by atomic mass is 16.2. The summed E-state index contributed by atoms with van der Waals surface area (Å²) in [5.41, 5.74) is 5.51. The van der Waals surface area contributed by atoms with Gasteiger partial charge in [-0.1, -0.05) is 6.92 Å². The summed E-state index contributed by atoms with van der Waals surface area (Å²) in [7, 11) is 1.93. The van der Waals surface area contributed by atoms with Crippen LogP contribution in [-0.2, 0) is 4.79 Å². The van der Waals surface area contributed by atoms with Gasteiger partial charge in [-0.15, -0.1) is 0 Å². The number of hydrogen-bond acceptors (Lipinski definition) is 2. The van der Waals surface area contributed by atoms with Crippen molar-refractivity contribution in [2.45, 2.75) is 45.1 Å². The summed E-state index contributed by atoms with van der Waals surface area (Å²) >= 11 is 0. The summed E-state index contributed by atoms with van der Waals surface area (Å²) in [5, 5.41) is 0. The van der Waals surface area contributed by atoms with E-state index in [9.17, 15) is 4.79 Å². The summed E-state index contributed by atoms with van der Waals surface area (Å²) in [6, 6.07) is 0.524. The average molecular weight is 198 g/mol. The van der Waals surface area contributed by atoms with Crippen LogP contribution in [0.1, 0.15) is 39.0 Å². The molecule has 3 nitrogen and oxygen atoms in total. The maximum Gasteiger partial charge on any atom is 0.222 e. The Labute approximate surface area is 86.6 Å². The molecular formula is C11H22N2O. The lowest BCUT2D eigenvalue weighted by Crippen LogP contribution is -2.41. The van der Waals surface area contributed by atoms with E-state index in [0.717, 1.165) is 6.42 Å². The molecule has 2 N–H and O–H groups in total. The van der Waals surface area contributed by atoms with Gasteiger partial charge in [0.1, 0.15) is 0 Å². The van der Waals surface area contributed by atoms with Crippen LogP contribution in [0.4, 0.5) is 0 Å². The smallest absolute Gasteiger partial charge is 0.222 e. The number of carbonyl (C=O) groups excluding carboxylic acids is 1. The highest BCUT2D eigenvalue weighted by Gasteiger charge is 2.25. The van der Waals surface area contributed by atoms with Crippen LogP contribution in [-0.4, -0.2) is 30.4 Å². The van der Waals surface area contributed by atoms with Crippen LogP contribution in [0.2, 0.25) is 0 Å². The predicted octanol–water partition coefficient (Wildman–Crippen LogP) is 1.37. The largest absolute Gasteiger partial charge is 0.343 e. The molecule has 0 aliphatic heterocycles. The quantitative estimate of drug-likeness (QED) is 0.725. The van der Waals surface area contributed by atoms with Crippen molar-refractivity contribution in [3.63, 3.8) is 0 Å². The van der Waals surface area contributed by atoms with Crippen LogP contribution < -0.4 is 5.73 Å². The third-order valence-electron chi connectivity index (χ3n) is 3.27. The molecule has 1 rings (SSSR count). The fourth-order valence-corrected chi connectivity index (χ4v) is 1.64. The Morgan fingerprint density at radius 1 is 1.57 bits per heavy atom. The molecule has 1 aliphatic rings. The molecule has 0 saturated heterocycles. The Morgan fingerprint density at radius 2 is 2.21 bits per heavy atom. The Hall–Kier alpha value is -0.570. The Kier molecular flexibility index (Phi) is 4.39. The summed E-state index contributed by atoms with van der Waals surface area (Å²) in [6.45, 7) is 2.77. The van der Waals surface area contributed by atoms with Crippen LogP contribution in [0, 0.1) is 5.92 Å². The number of nitrogens with two attached hydrogens (primary N) is 1. The molecule has 0 spiro atoms. The predicted molar refractivity (Wildman–Crippen MR) is 57.9 cm³/mol. The third-order valence-corrected chi connectivity index (χ3v) is 3.27. The minimum atomic E-state index is 0.287. The zero-order chi connectivity index (χ0) is 10.6. The number of carbonyl (C=O) groups is 1. The van der Waals surface area contributed by atoms with E-state index in [1.165, 1.54) is 19.3 Å². The number of hydrogen-bond donors (Lipinski definition) is 1. The molecule has 0 aromatic carbocycles. The minimum Gasteiger partial charge on any atom is -0.343 e. The minimum absolute atomic E-state index is 0.287. The average Bonchev–Trinajstić information content (AvgIpc) is 2.10. The SMILES string of the molecule is CC(CN)CCC(=O)N(C)C1CCC1. The van der Waals surface area contributed by atoms with Gasteiger partial charge in [0.15, 0.2) is 0 Å². The molecule has 1 atom stereocenters. The second-order valence-corrected chi connectivity index (χ2v) is 4.47. The van der Waals surface area contributed by atoms with Crippen molar-refractivity contribution >= 4 is 5.91 Å². The number of amides is 1. The molecule has 3 heteroatoms. The van der Waals surface area contributed by atoms with Crippen molar-refractivity contribution in [3.8, 4) is 0 Å². The summed E-state index contributed by atoms with van der Waals surface area (Å²) in [6.07, 6.45) is 5.24. The zero-order valence-electron chi connectivity index (χ0n) is 9.33. The second kappa shape index (κ2) is 5.35. The van der Waals surface area contributed by atoms with Crippen LogP contribution in [0.25, 0.3) is 0 Å². The van der Waals surface area contributed by atoms with Crippen LogP contribution >= 0.6 is 0 Å². The lowest BCUT2D eigenvalue weighted by Gasteiger charge is -2.35. The first-order valence-electron chi connectivity index (χ1n) is 5.61. The highest BCUT2D eigenvalue weighted by Crippen LogP contribution is 2.24. The summed E-state index contributed by atoms with van der Waals surface area (Å²) in [4.78, 5) is 13.6. The van der Waals surface area contributed by atoms with Gasteiger partial charge in [-0.3, -0.25) is 4.79 Å². The first kappa shape index (κ1) is 11.5. The van der Waals surface area contributed by atoms with E-state index in [0.29, 0.717) is 24.9 Å². The van der Waals surface area contributed by atoms with E-state index >= 15 is 0 Å².